The fourth-order valence-electron chi connectivity index (χ4n) is 1.82. The summed E-state index contributed by atoms with van der Waals surface area (Å²) in [5.74, 6) is 0.556. The van der Waals surface area contributed by atoms with Crippen molar-refractivity contribution in [3.05, 3.63) is 29.3 Å². The molecule has 98 valence electrons. The minimum Gasteiger partial charge on any atom is -0.389 e. The fourth-order valence-corrected chi connectivity index (χ4v) is 1.99. The van der Waals surface area contributed by atoms with Crippen LogP contribution < -0.4 is 11.1 Å². The van der Waals surface area contributed by atoms with E-state index in [-0.39, 0.29) is 10.6 Å². The summed E-state index contributed by atoms with van der Waals surface area (Å²) in [5, 5.41) is 3.16. The fraction of sp³-hybridized carbons (Fsp3) is 0.417. The lowest BCUT2D eigenvalue weighted by Crippen LogP contribution is -2.18. The maximum absolute atomic E-state index is 12.7. The van der Waals surface area contributed by atoms with Crippen molar-refractivity contribution in [1.82, 2.24) is 0 Å². The van der Waals surface area contributed by atoms with Gasteiger partial charge in [0, 0.05) is 17.3 Å². The standard InChI is InChI=1S/C12H13F3N2S/c1-6-4-10(6)17-7-2-3-9(12(13,14)15)8(5-7)11(16)18/h2-3,5-6,10,17H,4H2,1H3,(H2,16,18). The van der Waals surface area contributed by atoms with Crippen LogP contribution in [0.1, 0.15) is 24.5 Å². The van der Waals surface area contributed by atoms with Crippen LogP contribution in [0.3, 0.4) is 0 Å². The molecule has 1 aliphatic carbocycles. The van der Waals surface area contributed by atoms with Crippen LogP contribution in [0.4, 0.5) is 18.9 Å². The molecule has 0 spiro atoms. The van der Waals surface area contributed by atoms with E-state index in [1.807, 2.05) is 0 Å². The van der Waals surface area contributed by atoms with Gasteiger partial charge in [-0.2, -0.15) is 13.2 Å². The van der Waals surface area contributed by atoms with E-state index in [2.05, 4.69) is 24.5 Å². The number of nitrogens with one attached hydrogen (secondary N) is 1. The number of nitrogens with two attached hydrogens (primary N) is 1. The van der Waals surface area contributed by atoms with Crippen LogP contribution in [-0.2, 0) is 6.18 Å². The predicted octanol–water partition coefficient (Wildman–Crippen LogP) is 3.16. The van der Waals surface area contributed by atoms with Gasteiger partial charge in [-0.15, -0.1) is 0 Å². The number of alkyl halides is 3. The molecule has 0 aromatic heterocycles. The summed E-state index contributed by atoms with van der Waals surface area (Å²) in [6, 6.07) is 4.14. The third-order valence-corrected chi connectivity index (χ3v) is 3.27. The maximum atomic E-state index is 12.7. The molecule has 0 bridgehead atoms. The Hall–Kier alpha value is -1.30. The van der Waals surface area contributed by atoms with Crippen LogP contribution in [0, 0.1) is 5.92 Å². The molecule has 6 heteroatoms. The number of thiocarbonyl (C=S) groups is 1. The third kappa shape index (κ3) is 2.75. The van der Waals surface area contributed by atoms with E-state index in [1.165, 1.54) is 12.1 Å². The summed E-state index contributed by atoms with van der Waals surface area (Å²) in [7, 11) is 0. The van der Waals surface area contributed by atoms with Crippen molar-refractivity contribution in [1.29, 1.82) is 0 Å². The van der Waals surface area contributed by atoms with Crippen molar-refractivity contribution in [2.75, 3.05) is 5.32 Å². The zero-order valence-electron chi connectivity index (χ0n) is 9.71. The molecule has 0 saturated heterocycles. The average Bonchev–Trinajstić information content (AvgIpc) is 2.92. The number of rotatable bonds is 3. The minimum absolute atomic E-state index is 0.129. The van der Waals surface area contributed by atoms with E-state index < -0.39 is 11.7 Å². The molecule has 0 aliphatic heterocycles. The molecule has 0 radical (unpaired) electrons. The third-order valence-electron chi connectivity index (χ3n) is 3.05. The van der Waals surface area contributed by atoms with Gasteiger partial charge >= 0.3 is 6.18 Å². The molecule has 1 saturated carbocycles. The van der Waals surface area contributed by atoms with Crippen LogP contribution in [0.15, 0.2) is 18.2 Å². The van der Waals surface area contributed by atoms with Crippen molar-refractivity contribution in [2.45, 2.75) is 25.6 Å². The lowest BCUT2D eigenvalue weighted by atomic mass is 10.1. The van der Waals surface area contributed by atoms with Crippen molar-refractivity contribution >= 4 is 22.9 Å². The van der Waals surface area contributed by atoms with Crippen molar-refractivity contribution in [2.24, 2.45) is 11.7 Å². The zero-order valence-corrected chi connectivity index (χ0v) is 10.5. The lowest BCUT2D eigenvalue weighted by Gasteiger charge is -2.14. The molecule has 2 atom stereocenters. The molecule has 1 fully saturated rings. The quantitative estimate of drug-likeness (QED) is 0.831. The molecule has 1 aliphatic rings. The topological polar surface area (TPSA) is 38.0 Å². The predicted molar refractivity (Wildman–Crippen MR) is 68.5 cm³/mol. The molecule has 2 unspecified atom stereocenters. The first kappa shape index (κ1) is 13.1. The molecular formula is C12H13F3N2S. The number of anilines is 1. The van der Waals surface area contributed by atoms with Crippen LogP contribution in [0.25, 0.3) is 0 Å². The van der Waals surface area contributed by atoms with Crippen molar-refractivity contribution in [3.63, 3.8) is 0 Å². The van der Waals surface area contributed by atoms with Gasteiger partial charge in [-0.1, -0.05) is 19.1 Å². The number of benzene rings is 1. The Labute approximate surface area is 108 Å². The first-order chi connectivity index (χ1) is 8.29. The van der Waals surface area contributed by atoms with Crippen LogP contribution in [-0.4, -0.2) is 11.0 Å². The summed E-state index contributed by atoms with van der Waals surface area (Å²) in [4.78, 5) is -0.241. The number of halogens is 3. The highest BCUT2D eigenvalue weighted by Gasteiger charge is 2.35. The van der Waals surface area contributed by atoms with E-state index >= 15 is 0 Å². The van der Waals surface area contributed by atoms with Gasteiger partial charge in [0.2, 0.25) is 0 Å². The largest absolute Gasteiger partial charge is 0.417 e. The summed E-state index contributed by atoms with van der Waals surface area (Å²) < 4.78 is 38.2. The van der Waals surface area contributed by atoms with Crippen molar-refractivity contribution < 1.29 is 13.2 Å². The van der Waals surface area contributed by atoms with Gasteiger partial charge in [0.25, 0.3) is 0 Å². The van der Waals surface area contributed by atoms with Gasteiger partial charge in [0.1, 0.15) is 4.99 Å². The highest BCUT2D eigenvalue weighted by Crippen LogP contribution is 2.36. The normalized spacial score (nSPS) is 22.7. The van der Waals surface area contributed by atoms with Crippen molar-refractivity contribution in [3.8, 4) is 0 Å². The van der Waals surface area contributed by atoms with E-state index in [1.54, 1.807) is 0 Å². The monoisotopic (exact) mass is 274 g/mol. The summed E-state index contributed by atoms with van der Waals surface area (Å²) in [5.41, 5.74) is 5.07. The van der Waals surface area contributed by atoms with E-state index in [4.69, 9.17) is 5.73 Å². The van der Waals surface area contributed by atoms with Gasteiger partial charge in [-0.3, -0.25) is 0 Å². The highest BCUT2D eigenvalue weighted by atomic mass is 32.1. The van der Waals surface area contributed by atoms with Gasteiger partial charge in [-0.25, -0.2) is 0 Å². The maximum Gasteiger partial charge on any atom is 0.417 e. The van der Waals surface area contributed by atoms with Crippen LogP contribution in [0.2, 0.25) is 0 Å². The average molecular weight is 274 g/mol. The Bertz CT molecular complexity index is 485. The molecule has 3 N–H and O–H groups in total. The molecule has 0 heterocycles. The first-order valence-corrected chi connectivity index (χ1v) is 5.97. The van der Waals surface area contributed by atoms with Crippen LogP contribution >= 0.6 is 12.2 Å². The molecule has 0 amide bonds. The minimum atomic E-state index is -4.44. The Balaban J connectivity index is 2.31. The molecule has 18 heavy (non-hydrogen) atoms. The first-order valence-electron chi connectivity index (χ1n) is 5.56. The SMILES string of the molecule is CC1CC1Nc1ccc(C(F)(F)F)c(C(N)=S)c1. The van der Waals surface area contributed by atoms with Gasteiger partial charge < -0.3 is 11.1 Å². The molecule has 2 rings (SSSR count). The van der Waals surface area contributed by atoms with E-state index in [0.29, 0.717) is 17.6 Å². The second-order valence-electron chi connectivity index (χ2n) is 4.59. The van der Waals surface area contributed by atoms with Gasteiger partial charge in [0.05, 0.1) is 5.56 Å². The Morgan fingerprint density at radius 1 is 1.44 bits per heavy atom. The summed E-state index contributed by atoms with van der Waals surface area (Å²) >= 11 is 4.68. The smallest absolute Gasteiger partial charge is 0.389 e. The Morgan fingerprint density at radius 2 is 2.06 bits per heavy atom. The Morgan fingerprint density at radius 3 is 2.50 bits per heavy atom. The second kappa shape index (κ2) is 4.42. The van der Waals surface area contributed by atoms with Crippen LogP contribution in [0.5, 0.6) is 0 Å². The van der Waals surface area contributed by atoms with Gasteiger partial charge in [-0.05, 0) is 30.5 Å². The number of hydrogen-bond donors (Lipinski definition) is 2. The Kier molecular flexibility index (Phi) is 3.23. The second-order valence-corrected chi connectivity index (χ2v) is 5.03. The molecule has 1 aromatic rings. The lowest BCUT2D eigenvalue weighted by molar-refractivity contribution is -0.137. The molecular weight excluding hydrogens is 261 g/mol. The van der Waals surface area contributed by atoms with E-state index in [0.717, 1.165) is 12.5 Å². The zero-order chi connectivity index (χ0) is 13.5. The van der Waals surface area contributed by atoms with E-state index in [9.17, 15) is 13.2 Å². The highest BCUT2D eigenvalue weighted by molar-refractivity contribution is 7.80. The van der Waals surface area contributed by atoms with Gasteiger partial charge in [0.15, 0.2) is 0 Å². The molecule has 2 nitrogen and oxygen atoms in total. The molecule has 1 aromatic carbocycles. The summed E-state index contributed by atoms with van der Waals surface area (Å²) in [6.07, 6.45) is -3.41. The summed E-state index contributed by atoms with van der Waals surface area (Å²) in [6.45, 7) is 2.08. The number of hydrogen-bond acceptors (Lipinski definition) is 2.